The van der Waals surface area contributed by atoms with E-state index in [2.05, 4.69) is 5.32 Å². The van der Waals surface area contributed by atoms with E-state index in [0.717, 1.165) is 16.7 Å². The lowest BCUT2D eigenvalue weighted by Gasteiger charge is -2.25. The number of carbonyl (C=O) groups is 1. The number of nitrogens with one attached hydrogen (secondary N) is 1. The van der Waals surface area contributed by atoms with Gasteiger partial charge >= 0.3 is 6.09 Å². The van der Waals surface area contributed by atoms with Gasteiger partial charge < -0.3 is 15.5 Å². The SMILES string of the molecule is Cc1cc(CC(C)(C)NC(=O)O)c(C)cc1O. The van der Waals surface area contributed by atoms with E-state index in [1.807, 2.05) is 33.8 Å². The Hall–Kier alpha value is -1.71. The van der Waals surface area contributed by atoms with E-state index in [1.54, 1.807) is 6.07 Å². The largest absolute Gasteiger partial charge is 0.508 e. The van der Waals surface area contributed by atoms with Crippen LogP contribution in [0.4, 0.5) is 4.79 Å². The molecule has 0 saturated carbocycles. The van der Waals surface area contributed by atoms with Crippen molar-refractivity contribution in [3.63, 3.8) is 0 Å². The highest BCUT2D eigenvalue weighted by atomic mass is 16.4. The molecule has 4 heteroatoms. The van der Waals surface area contributed by atoms with Crippen molar-refractivity contribution in [2.75, 3.05) is 0 Å². The fourth-order valence-corrected chi connectivity index (χ4v) is 1.86. The molecule has 0 aliphatic heterocycles. The van der Waals surface area contributed by atoms with Gasteiger partial charge in [0.25, 0.3) is 0 Å². The molecule has 17 heavy (non-hydrogen) atoms. The van der Waals surface area contributed by atoms with E-state index in [0.29, 0.717) is 6.42 Å². The maximum absolute atomic E-state index is 10.7. The van der Waals surface area contributed by atoms with Gasteiger partial charge in [0, 0.05) is 5.54 Å². The smallest absolute Gasteiger partial charge is 0.405 e. The van der Waals surface area contributed by atoms with Gasteiger partial charge in [0.1, 0.15) is 5.75 Å². The zero-order valence-corrected chi connectivity index (χ0v) is 10.7. The Balaban J connectivity index is 2.95. The first-order valence-corrected chi connectivity index (χ1v) is 5.51. The van der Waals surface area contributed by atoms with Gasteiger partial charge in [-0.1, -0.05) is 6.07 Å². The van der Waals surface area contributed by atoms with Crippen LogP contribution < -0.4 is 5.32 Å². The molecule has 0 atom stereocenters. The van der Waals surface area contributed by atoms with Gasteiger partial charge in [-0.2, -0.15) is 0 Å². The topological polar surface area (TPSA) is 69.6 Å². The van der Waals surface area contributed by atoms with E-state index in [9.17, 15) is 9.90 Å². The number of carboxylic acid groups (broad SMARTS) is 1. The van der Waals surface area contributed by atoms with Crippen LogP contribution in [-0.4, -0.2) is 21.8 Å². The highest BCUT2D eigenvalue weighted by Crippen LogP contribution is 2.24. The average molecular weight is 237 g/mol. The molecule has 0 heterocycles. The second kappa shape index (κ2) is 4.65. The van der Waals surface area contributed by atoms with Crippen molar-refractivity contribution in [2.24, 2.45) is 0 Å². The number of hydrogen-bond donors (Lipinski definition) is 3. The molecule has 1 aromatic rings. The Morgan fingerprint density at radius 1 is 1.29 bits per heavy atom. The highest BCUT2D eigenvalue weighted by Gasteiger charge is 2.21. The van der Waals surface area contributed by atoms with Gasteiger partial charge in [0.05, 0.1) is 0 Å². The zero-order valence-electron chi connectivity index (χ0n) is 10.7. The number of benzene rings is 1. The predicted octanol–water partition coefficient (Wildman–Crippen LogP) is 2.60. The summed E-state index contributed by atoms with van der Waals surface area (Å²) >= 11 is 0. The maximum atomic E-state index is 10.7. The molecule has 0 bridgehead atoms. The molecular weight excluding hydrogens is 218 g/mol. The average Bonchev–Trinajstić information content (AvgIpc) is 2.11. The Morgan fingerprint density at radius 2 is 1.88 bits per heavy atom. The van der Waals surface area contributed by atoms with Crippen LogP contribution >= 0.6 is 0 Å². The fourth-order valence-electron chi connectivity index (χ4n) is 1.86. The molecule has 94 valence electrons. The van der Waals surface area contributed by atoms with Crippen LogP contribution in [0.25, 0.3) is 0 Å². The minimum Gasteiger partial charge on any atom is -0.508 e. The van der Waals surface area contributed by atoms with Crippen molar-refractivity contribution < 1.29 is 15.0 Å². The summed E-state index contributed by atoms with van der Waals surface area (Å²) in [6.45, 7) is 7.41. The lowest BCUT2D eigenvalue weighted by atomic mass is 9.91. The van der Waals surface area contributed by atoms with Crippen molar-refractivity contribution in [1.29, 1.82) is 0 Å². The van der Waals surface area contributed by atoms with Crippen LogP contribution in [0.5, 0.6) is 5.75 Å². The summed E-state index contributed by atoms with van der Waals surface area (Å²) in [6.07, 6.45) is -0.435. The summed E-state index contributed by atoms with van der Waals surface area (Å²) < 4.78 is 0. The molecule has 0 aliphatic carbocycles. The zero-order chi connectivity index (χ0) is 13.2. The molecule has 0 spiro atoms. The molecule has 0 fully saturated rings. The third-order valence-corrected chi connectivity index (χ3v) is 2.73. The van der Waals surface area contributed by atoms with Gasteiger partial charge in [-0.05, 0) is 56.9 Å². The molecule has 4 nitrogen and oxygen atoms in total. The number of rotatable bonds is 3. The number of aromatic hydroxyl groups is 1. The highest BCUT2D eigenvalue weighted by molar-refractivity contribution is 5.65. The Labute approximate surface area is 101 Å². The maximum Gasteiger partial charge on any atom is 0.405 e. The first kappa shape index (κ1) is 13.4. The number of aryl methyl sites for hydroxylation is 2. The van der Waals surface area contributed by atoms with Crippen molar-refractivity contribution in [1.82, 2.24) is 5.32 Å². The summed E-state index contributed by atoms with van der Waals surface area (Å²) in [4.78, 5) is 10.7. The molecule has 3 N–H and O–H groups in total. The summed E-state index contributed by atoms with van der Waals surface area (Å²) in [7, 11) is 0. The second-order valence-electron chi connectivity index (χ2n) is 5.06. The molecule has 0 saturated heterocycles. The van der Waals surface area contributed by atoms with Gasteiger partial charge in [0.15, 0.2) is 0 Å². The fraction of sp³-hybridized carbons (Fsp3) is 0.462. The van der Waals surface area contributed by atoms with Crippen LogP contribution in [0.2, 0.25) is 0 Å². The number of hydrogen-bond acceptors (Lipinski definition) is 2. The minimum absolute atomic E-state index is 0.273. The van der Waals surface area contributed by atoms with Gasteiger partial charge in [-0.25, -0.2) is 4.79 Å². The van der Waals surface area contributed by atoms with E-state index in [1.165, 1.54) is 0 Å². The second-order valence-corrected chi connectivity index (χ2v) is 5.06. The van der Waals surface area contributed by atoms with E-state index in [4.69, 9.17) is 5.11 Å². The monoisotopic (exact) mass is 237 g/mol. The van der Waals surface area contributed by atoms with Gasteiger partial charge in [0.2, 0.25) is 0 Å². The lowest BCUT2D eigenvalue weighted by molar-refractivity contribution is 0.182. The van der Waals surface area contributed by atoms with Crippen LogP contribution in [0.1, 0.15) is 30.5 Å². The molecule has 1 rings (SSSR count). The first-order chi connectivity index (χ1) is 7.71. The third kappa shape index (κ3) is 3.66. The molecule has 0 aliphatic rings. The molecular formula is C13H19NO3. The van der Waals surface area contributed by atoms with E-state index < -0.39 is 11.6 Å². The predicted molar refractivity (Wildman–Crippen MR) is 66.5 cm³/mol. The van der Waals surface area contributed by atoms with E-state index in [-0.39, 0.29) is 5.75 Å². The minimum atomic E-state index is -1.02. The quantitative estimate of drug-likeness (QED) is 0.756. The van der Waals surface area contributed by atoms with Crippen LogP contribution in [0.3, 0.4) is 0 Å². The standard InChI is InChI=1S/C13H19NO3/c1-8-6-11(15)9(2)5-10(8)7-13(3,4)14-12(16)17/h5-6,14-15H,7H2,1-4H3,(H,16,17). The van der Waals surface area contributed by atoms with Crippen molar-refractivity contribution in [3.05, 3.63) is 28.8 Å². The van der Waals surface area contributed by atoms with Gasteiger partial charge in [-0.3, -0.25) is 0 Å². The van der Waals surface area contributed by atoms with Crippen LogP contribution in [-0.2, 0) is 6.42 Å². The molecule has 0 aromatic heterocycles. The molecule has 1 aromatic carbocycles. The van der Waals surface area contributed by atoms with Crippen LogP contribution in [0.15, 0.2) is 12.1 Å². The molecule has 0 radical (unpaired) electrons. The Kier molecular flexibility index (Phi) is 3.66. The van der Waals surface area contributed by atoms with E-state index >= 15 is 0 Å². The van der Waals surface area contributed by atoms with Crippen molar-refractivity contribution >= 4 is 6.09 Å². The number of phenolic OH excluding ortho intramolecular Hbond substituents is 1. The van der Waals surface area contributed by atoms with Crippen LogP contribution in [0, 0.1) is 13.8 Å². The normalized spacial score (nSPS) is 11.3. The van der Waals surface area contributed by atoms with Gasteiger partial charge in [-0.15, -0.1) is 0 Å². The number of amides is 1. The third-order valence-electron chi connectivity index (χ3n) is 2.73. The van der Waals surface area contributed by atoms with Crippen molar-refractivity contribution in [3.8, 4) is 5.75 Å². The van der Waals surface area contributed by atoms with Crippen molar-refractivity contribution in [2.45, 2.75) is 39.7 Å². The molecule has 1 amide bonds. The summed E-state index contributed by atoms with van der Waals surface area (Å²) in [5, 5.41) is 20.8. The Bertz CT molecular complexity index is 439. The summed E-state index contributed by atoms with van der Waals surface area (Å²) in [6, 6.07) is 3.61. The first-order valence-electron chi connectivity index (χ1n) is 5.51. The summed E-state index contributed by atoms with van der Waals surface area (Å²) in [5.74, 6) is 0.273. The lowest BCUT2D eigenvalue weighted by Crippen LogP contribution is -2.44. The number of phenols is 1. The molecule has 0 unspecified atom stereocenters. The summed E-state index contributed by atoms with van der Waals surface area (Å²) in [5.41, 5.74) is 2.28. The Morgan fingerprint density at radius 3 is 2.41 bits per heavy atom.